The number of anilines is 1. The molecule has 1 aliphatic heterocycles. The van der Waals surface area contributed by atoms with Crippen LogP contribution in [-0.2, 0) is 13.0 Å². The molecule has 3 heteroatoms. The van der Waals surface area contributed by atoms with Crippen LogP contribution in [0.3, 0.4) is 0 Å². The van der Waals surface area contributed by atoms with Gasteiger partial charge in [0.05, 0.1) is 19.9 Å². The van der Waals surface area contributed by atoms with Gasteiger partial charge in [0.2, 0.25) is 0 Å². The molecule has 0 saturated heterocycles. The molecule has 0 aromatic heterocycles. The number of benzene rings is 2. The molecule has 0 bridgehead atoms. The van der Waals surface area contributed by atoms with E-state index >= 15 is 0 Å². The van der Waals surface area contributed by atoms with E-state index < -0.39 is 0 Å². The Labute approximate surface area is 119 Å². The van der Waals surface area contributed by atoms with Crippen LogP contribution in [0.2, 0.25) is 0 Å². The number of methoxy groups -OCH3 is 2. The van der Waals surface area contributed by atoms with Gasteiger partial charge in [0.1, 0.15) is 11.5 Å². The third kappa shape index (κ3) is 2.31. The lowest BCUT2D eigenvalue weighted by molar-refractivity contribution is 0.394. The Hall–Kier alpha value is -2.16. The van der Waals surface area contributed by atoms with Crippen molar-refractivity contribution in [1.29, 1.82) is 0 Å². The number of fused-ring (bicyclic) bond motifs is 1. The fourth-order valence-electron chi connectivity index (χ4n) is 2.75. The largest absolute Gasteiger partial charge is 0.497 e. The molecule has 1 heterocycles. The summed E-state index contributed by atoms with van der Waals surface area (Å²) in [7, 11) is 3.38. The lowest BCUT2D eigenvalue weighted by Gasteiger charge is -2.31. The lowest BCUT2D eigenvalue weighted by atomic mass is 9.99. The second-order valence-electron chi connectivity index (χ2n) is 4.98. The van der Waals surface area contributed by atoms with Gasteiger partial charge in [-0.1, -0.05) is 24.3 Å². The summed E-state index contributed by atoms with van der Waals surface area (Å²) in [5.74, 6) is 1.69. The van der Waals surface area contributed by atoms with Crippen LogP contribution in [0.15, 0.2) is 42.5 Å². The fraction of sp³-hybridized carbons (Fsp3) is 0.294. The molecule has 0 radical (unpaired) electrons. The summed E-state index contributed by atoms with van der Waals surface area (Å²) in [6.07, 6.45) is 1.07. The number of rotatable bonds is 3. The van der Waals surface area contributed by atoms with Crippen LogP contribution in [0.1, 0.15) is 11.1 Å². The summed E-state index contributed by atoms with van der Waals surface area (Å²) in [4.78, 5) is 2.36. The van der Waals surface area contributed by atoms with E-state index in [-0.39, 0.29) is 0 Å². The van der Waals surface area contributed by atoms with E-state index in [4.69, 9.17) is 9.47 Å². The van der Waals surface area contributed by atoms with Gasteiger partial charge >= 0.3 is 0 Å². The zero-order valence-electron chi connectivity index (χ0n) is 11.9. The number of nitrogens with zero attached hydrogens (tertiary/aromatic N) is 1. The minimum atomic E-state index is 0.822. The second-order valence-corrected chi connectivity index (χ2v) is 4.98. The van der Waals surface area contributed by atoms with E-state index in [1.807, 2.05) is 12.1 Å². The maximum Gasteiger partial charge on any atom is 0.145 e. The molecule has 1 aliphatic rings. The molecule has 104 valence electrons. The Morgan fingerprint density at radius 1 is 0.950 bits per heavy atom. The third-order valence-corrected chi connectivity index (χ3v) is 3.86. The SMILES string of the molecule is COc1ccc(N2CCc3ccccc3C2)c(OC)c1. The van der Waals surface area contributed by atoms with Gasteiger partial charge in [-0.05, 0) is 29.7 Å². The van der Waals surface area contributed by atoms with Gasteiger partial charge in [-0.15, -0.1) is 0 Å². The van der Waals surface area contributed by atoms with Crippen molar-refractivity contribution >= 4 is 5.69 Å². The van der Waals surface area contributed by atoms with Gasteiger partial charge in [-0.2, -0.15) is 0 Å². The van der Waals surface area contributed by atoms with Crippen LogP contribution in [0.4, 0.5) is 5.69 Å². The van der Waals surface area contributed by atoms with E-state index in [0.29, 0.717) is 0 Å². The zero-order valence-corrected chi connectivity index (χ0v) is 11.9. The zero-order chi connectivity index (χ0) is 13.9. The molecule has 0 atom stereocenters. The summed E-state index contributed by atoms with van der Waals surface area (Å²) in [6.45, 7) is 1.94. The first-order valence-electron chi connectivity index (χ1n) is 6.85. The first-order chi connectivity index (χ1) is 9.81. The van der Waals surface area contributed by atoms with Crippen molar-refractivity contribution in [2.75, 3.05) is 25.7 Å². The van der Waals surface area contributed by atoms with E-state index in [1.54, 1.807) is 14.2 Å². The van der Waals surface area contributed by atoms with Crippen molar-refractivity contribution in [3.8, 4) is 11.5 Å². The number of hydrogen-bond acceptors (Lipinski definition) is 3. The molecule has 2 aromatic rings. The van der Waals surface area contributed by atoms with Crippen LogP contribution in [-0.4, -0.2) is 20.8 Å². The van der Waals surface area contributed by atoms with Crippen LogP contribution >= 0.6 is 0 Å². The molecule has 3 nitrogen and oxygen atoms in total. The quantitative estimate of drug-likeness (QED) is 0.853. The van der Waals surface area contributed by atoms with Crippen molar-refractivity contribution in [2.24, 2.45) is 0 Å². The molecule has 0 amide bonds. The van der Waals surface area contributed by atoms with Gasteiger partial charge in [0, 0.05) is 19.2 Å². The standard InChI is InChI=1S/C17H19NO2/c1-19-15-7-8-16(17(11-15)20-2)18-10-9-13-5-3-4-6-14(13)12-18/h3-8,11H,9-10,12H2,1-2H3. The lowest BCUT2D eigenvalue weighted by Crippen LogP contribution is -2.30. The van der Waals surface area contributed by atoms with Gasteiger partial charge in [-0.25, -0.2) is 0 Å². The van der Waals surface area contributed by atoms with Crippen molar-refractivity contribution in [3.05, 3.63) is 53.6 Å². The molecule has 0 fully saturated rings. The van der Waals surface area contributed by atoms with Gasteiger partial charge in [-0.3, -0.25) is 0 Å². The van der Waals surface area contributed by atoms with Crippen LogP contribution in [0.5, 0.6) is 11.5 Å². The minimum Gasteiger partial charge on any atom is -0.497 e. The molecule has 2 aromatic carbocycles. The summed E-state index contributed by atoms with van der Waals surface area (Å²) in [5, 5.41) is 0. The second kappa shape index (κ2) is 5.45. The minimum absolute atomic E-state index is 0.822. The highest BCUT2D eigenvalue weighted by Crippen LogP contribution is 2.34. The normalized spacial score (nSPS) is 13.8. The predicted molar refractivity (Wildman–Crippen MR) is 80.7 cm³/mol. The van der Waals surface area contributed by atoms with E-state index in [2.05, 4.69) is 35.2 Å². The Kier molecular flexibility index (Phi) is 3.50. The van der Waals surface area contributed by atoms with Crippen molar-refractivity contribution in [1.82, 2.24) is 0 Å². The van der Waals surface area contributed by atoms with Crippen LogP contribution in [0.25, 0.3) is 0 Å². The molecule has 20 heavy (non-hydrogen) atoms. The van der Waals surface area contributed by atoms with Crippen LogP contribution < -0.4 is 14.4 Å². The van der Waals surface area contributed by atoms with Crippen molar-refractivity contribution in [2.45, 2.75) is 13.0 Å². The van der Waals surface area contributed by atoms with Crippen molar-refractivity contribution < 1.29 is 9.47 Å². The fourth-order valence-corrected chi connectivity index (χ4v) is 2.75. The average Bonchev–Trinajstić information content (AvgIpc) is 2.53. The summed E-state index contributed by atoms with van der Waals surface area (Å²) >= 11 is 0. The molecule has 3 rings (SSSR count). The maximum absolute atomic E-state index is 5.51. The molecular weight excluding hydrogens is 250 g/mol. The first-order valence-corrected chi connectivity index (χ1v) is 6.85. The summed E-state index contributed by atoms with van der Waals surface area (Å²) in [5.41, 5.74) is 3.98. The molecular formula is C17H19NO2. The summed E-state index contributed by atoms with van der Waals surface area (Å²) < 4.78 is 10.8. The monoisotopic (exact) mass is 269 g/mol. The van der Waals surface area contributed by atoms with Gasteiger partial charge < -0.3 is 14.4 Å². The Morgan fingerprint density at radius 3 is 2.50 bits per heavy atom. The van der Waals surface area contributed by atoms with Crippen LogP contribution in [0, 0.1) is 0 Å². The van der Waals surface area contributed by atoms with E-state index in [9.17, 15) is 0 Å². The third-order valence-electron chi connectivity index (χ3n) is 3.86. The number of hydrogen-bond donors (Lipinski definition) is 0. The molecule has 0 spiro atoms. The molecule has 0 saturated carbocycles. The Bertz CT molecular complexity index is 610. The van der Waals surface area contributed by atoms with E-state index in [0.717, 1.165) is 36.7 Å². The molecule has 0 unspecified atom stereocenters. The smallest absolute Gasteiger partial charge is 0.145 e. The van der Waals surface area contributed by atoms with E-state index in [1.165, 1.54) is 11.1 Å². The first kappa shape index (κ1) is 12.9. The highest BCUT2D eigenvalue weighted by atomic mass is 16.5. The van der Waals surface area contributed by atoms with Gasteiger partial charge in [0.15, 0.2) is 0 Å². The predicted octanol–water partition coefficient (Wildman–Crippen LogP) is 3.27. The maximum atomic E-state index is 5.51. The number of ether oxygens (including phenoxy) is 2. The topological polar surface area (TPSA) is 21.7 Å². The van der Waals surface area contributed by atoms with Crippen molar-refractivity contribution in [3.63, 3.8) is 0 Å². The van der Waals surface area contributed by atoms with Gasteiger partial charge in [0.25, 0.3) is 0 Å². The average molecular weight is 269 g/mol. The highest BCUT2D eigenvalue weighted by Gasteiger charge is 2.19. The Balaban J connectivity index is 1.91. The highest BCUT2D eigenvalue weighted by molar-refractivity contribution is 5.62. The molecule has 0 aliphatic carbocycles. The Morgan fingerprint density at radius 2 is 1.75 bits per heavy atom. The summed E-state index contributed by atoms with van der Waals surface area (Å²) in [6, 6.07) is 14.6. The molecule has 0 N–H and O–H groups in total.